The van der Waals surface area contributed by atoms with Gasteiger partial charge in [0.2, 0.25) is 0 Å². The fourth-order valence-corrected chi connectivity index (χ4v) is 3.13. The summed E-state index contributed by atoms with van der Waals surface area (Å²) in [5.74, 6) is 1.32. The molecular formula is C22H29N3O2S. The van der Waals surface area contributed by atoms with Crippen LogP contribution in [0.4, 0.5) is 5.69 Å². The van der Waals surface area contributed by atoms with Crippen LogP contribution in [0.1, 0.15) is 42.2 Å². The summed E-state index contributed by atoms with van der Waals surface area (Å²) in [6.45, 7) is 4.38. The van der Waals surface area contributed by atoms with E-state index < -0.39 is 0 Å². The van der Waals surface area contributed by atoms with Crippen LogP contribution in [0.25, 0.3) is 0 Å². The molecule has 0 aromatic heterocycles. The Hall–Kier alpha value is -2.60. The van der Waals surface area contributed by atoms with Crippen LogP contribution in [0.5, 0.6) is 5.75 Å². The topological polar surface area (TPSA) is 53.6 Å². The van der Waals surface area contributed by atoms with E-state index in [1.807, 2.05) is 24.3 Å². The predicted octanol–water partition coefficient (Wildman–Crippen LogP) is 4.47. The van der Waals surface area contributed by atoms with Gasteiger partial charge >= 0.3 is 0 Å². The van der Waals surface area contributed by atoms with E-state index in [0.29, 0.717) is 16.6 Å². The van der Waals surface area contributed by atoms with Crippen LogP contribution in [-0.2, 0) is 0 Å². The lowest BCUT2D eigenvalue weighted by molar-refractivity contribution is 0.0827. The monoisotopic (exact) mass is 399 g/mol. The van der Waals surface area contributed by atoms with Gasteiger partial charge in [-0.25, -0.2) is 0 Å². The van der Waals surface area contributed by atoms with Crippen molar-refractivity contribution in [3.8, 4) is 5.75 Å². The molecule has 0 fully saturated rings. The number of ether oxygens (including phenoxy) is 1. The van der Waals surface area contributed by atoms with Crippen LogP contribution in [0.3, 0.4) is 0 Å². The molecule has 28 heavy (non-hydrogen) atoms. The van der Waals surface area contributed by atoms with E-state index in [0.717, 1.165) is 23.4 Å². The molecule has 150 valence electrons. The Morgan fingerprint density at radius 3 is 2.18 bits per heavy atom. The van der Waals surface area contributed by atoms with Crippen LogP contribution in [0.2, 0.25) is 0 Å². The Kier molecular flexibility index (Phi) is 7.81. The average Bonchev–Trinajstić information content (AvgIpc) is 2.67. The molecule has 0 bridgehead atoms. The largest absolute Gasteiger partial charge is 0.497 e. The van der Waals surface area contributed by atoms with E-state index in [1.54, 1.807) is 38.2 Å². The second-order valence-corrected chi connectivity index (χ2v) is 7.74. The van der Waals surface area contributed by atoms with Crippen molar-refractivity contribution >= 4 is 28.9 Å². The van der Waals surface area contributed by atoms with Crippen LogP contribution >= 0.6 is 12.2 Å². The lowest BCUT2D eigenvalue weighted by atomic mass is 9.97. The van der Waals surface area contributed by atoms with Crippen molar-refractivity contribution in [2.75, 3.05) is 26.5 Å². The minimum absolute atomic E-state index is 0.0243. The Balaban J connectivity index is 2.05. The van der Waals surface area contributed by atoms with Gasteiger partial charge in [0.05, 0.1) is 13.2 Å². The van der Waals surface area contributed by atoms with Gasteiger partial charge in [-0.15, -0.1) is 0 Å². The smallest absolute Gasteiger partial charge is 0.253 e. The second kappa shape index (κ2) is 10.1. The number of anilines is 1. The van der Waals surface area contributed by atoms with E-state index in [1.165, 1.54) is 0 Å². The van der Waals surface area contributed by atoms with Gasteiger partial charge in [0.25, 0.3) is 5.91 Å². The standard InChI is InChI=1S/C22H29N3O2S/c1-15(2)14-20(16-8-12-19(27-5)13-9-16)24-22(28)23-18-10-6-17(7-11-18)21(26)25(3)4/h6-13,15,20H,14H2,1-5H3,(H2,23,24,28)/t20-/m0/s1. The van der Waals surface area contributed by atoms with Gasteiger partial charge in [-0.05, 0) is 66.5 Å². The van der Waals surface area contributed by atoms with E-state index in [9.17, 15) is 4.79 Å². The van der Waals surface area contributed by atoms with Gasteiger partial charge in [0.15, 0.2) is 5.11 Å². The van der Waals surface area contributed by atoms with Crippen LogP contribution in [0, 0.1) is 5.92 Å². The fraction of sp³-hybridized carbons (Fsp3) is 0.364. The Morgan fingerprint density at radius 1 is 1.07 bits per heavy atom. The molecule has 2 aromatic rings. The molecule has 2 N–H and O–H groups in total. The zero-order valence-electron chi connectivity index (χ0n) is 17.2. The van der Waals surface area contributed by atoms with E-state index in [4.69, 9.17) is 17.0 Å². The Morgan fingerprint density at radius 2 is 1.68 bits per heavy atom. The van der Waals surface area contributed by atoms with E-state index in [-0.39, 0.29) is 11.9 Å². The molecule has 6 heteroatoms. The molecule has 0 spiro atoms. The molecule has 0 radical (unpaired) electrons. The number of nitrogens with zero attached hydrogens (tertiary/aromatic N) is 1. The van der Waals surface area contributed by atoms with Gasteiger partial charge in [-0.2, -0.15) is 0 Å². The number of benzene rings is 2. The summed E-state index contributed by atoms with van der Waals surface area (Å²) in [6, 6.07) is 15.4. The molecule has 2 rings (SSSR count). The molecule has 0 aliphatic rings. The number of nitrogens with one attached hydrogen (secondary N) is 2. The Bertz CT molecular complexity index is 786. The van der Waals surface area contributed by atoms with Gasteiger partial charge < -0.3 is 20.3 Å². The summed E-state index contributed by atoms with van der Waals surface area (Å²) in [5.41, 5.74) is 2.64. The number of amides is 1. The highest BCUT2D eigenvalue weighted by molar-refractivity contribution is 7.80. The van der Waals surface area contributed by atoms with Gasteiger partial charge in [0, 0.05) is 25.3 Å². The van der Waals surface area contributed by atoms with Gasteiger partial charge in [-0.1, -0.05) is 26.0 Å². The highest BCUT2D eigenvalue weighted by Gasteiger charge is 2.15. The first-order valence-electron chi connectivity index (χ1n) is 9.33. The highest BCUT2D eigenvalue weighted by atomic mass is 32.1. The zero-order valence-corrected chi connectivity index (χ0v) is 18.0. The summed E-state index contributed by atoms with van der Waals surface area (Å²) in [7, 11) is 5.14. The highest BCUT2D eigenvalue weighted by Crippen LogP contribution is 2.24. The van der Waals surface area contributed by atoms with Gasteiger partial charge in [-0.3, -0.25) is 4.79 Å². The molecule has 5 nitrogen and oxygen atoms in total. The second-order valence-electron chi connectivity index (χ2n) is 7.33. The van der Waals surface area contributed by atoms with Crippen LogP contribution < -0.4 is 15.4 Å². The lowest BCUT2D eigenvalue weighted by Gasteiger charge is -2.23. The van der Waals surface area contributed by atoms with Crippen LogP contribution in [-0.4, -0.2) is 37.1 Å². The van der Waals surface area contributed by atoms with Crippen molar-refractivity contribution in [2.24, 2.45) is 5.92 Å². The number of carbonyl (C=O) groups is 1. The fourth-order valence-electron chi connectivity index (χ4n) is 2.87. The predicted molar refractivity (Wildman–Crippen MR) is 119 cm³/mol. The molecule has 0 unspecified atom stereocenters. The van der Waals surface area contributed by atoms with Crippen molar-refractivity contribution in [1.82, 2.24) is 10.2 Å². The summed E-state index contributed by atoms with van der Waals surface area (Å²) in [5, 5.41) is 7.16. The third-order valence-corrected chi connectivity index (χ3v) is 4.55. The number of methoxy groups -OCH3 is 1. The minimum atomic E-state index is -0.0243. The third-order valence-electron chi connectivity index (χ3n) is 4.33. The number of hydrogen-bond donors (Lipinski definition) is 2. The SMILES string of the molecule is COc1ccc([C@H](CC(C)C)NC(=S)Nc2ccc(C(=O)N(C)C)cc2)cc1. The first-order chi connectivity index (χ1) is 13.3. The number of hydrogen-bond acceptors (Lipinski definition) is 3. The van der Waals surface area contributed by atoms with Crippen LogP contribution in [0.15, 0.2) is 48.5 Å². The lowest BCUT2D eigenvalue weighted by Crippen LogP contribution is -2.33. The first-order valence-corrected chi connectivity index (χ1v) is 9.74. The molecule has 0 aliphatic heterocycles. The molecule has 0 saturated heterocycles. The molecule has 1 amide bonds. The number of thiocarbonyl (C=S) groups is 1. The molecule has 2 aromatic carbocycles. The zero-order chi connectivity index (χ0) is 20.7. The molecule has 0 aliphatic carbocycles. The Labute approximate surface area is 173 Å². The number of rotatable bonds is 7. The summed E-state index contributed by atoms with van der Waals surface area (Å²) in [6.07, 6.45) is 0.949. The van der Waals surface area contributed by atoms with Crippen molar-refractivity contribution in [1.29, 1.82) is 0 Å². The van der Waals surface area contributed by atoms with Crippen molar-refractivity contribution in [3.63, 3.8) is 0 Å². The quantitative estimate of drug-likeness (QED) is 0.673. The summed E-state index contributed by atoms with van der Waals surface area (Å²) in [4.78, 5) is 13.5. The maximum Gasteiger partial charge on any atom is 0.253 e. The first kappa shape index (κ1) is 21.7. The maximum atomic E-state index is 12.0. The normalized spacial score (nSPS) is 11.6. The maximum absolute atomic E-state index is 12.0. The molecule has 1 atom stereocenters. The van der Waals surface area contributed by atoms with Crippen molar-refractivity contribution in [2.45, 2.75) is 26.3 Å². The molecule has 0 heterocycles. The molecular weight excluding hydrogens is 370 g/mol. The third kappa shape index (κ3) is 6.23. The van der Waals surface area contributed by atoms with E-state index >= 15 is 0 Å². The summed E-state index contributed by atoms with van der Waals surface area (Å²) >= 11 is 5.52. The molecule has 0 saturated carbocycles. The minimum Gasteiger partial charge on any atom is -0.497 e. The number of carbonyl (C=O) groups excluding carboxylic acids is 1. The van der Waals surface area contributed by atoms with Crippen molar-refractivity contribution in [3.05, 3.63) is 59.7 Å². The average molecular weight is 400 g/mol. The van der Waals surface area contributed by atoms with E-state index in [2.05, 4.69) is 36.6 Å². The van der Waals surface area contributed by atoms with Gasteiger partial charge in [0.1, 0.15) is 5.75 Å². The summed E-state index contributed by atoms with van der Waals surface area (Å²) < 4.78 is 5.25. The van der Waals surface area contributed by atoms with Crippen molar-refractivity contribution < 1.29 is 9.53 Å².